The molecule has 1 rings (SSSR count). The normalized spacial score (nSPS) is 9.21. The second-order valence-electron chi connectivity index (χ2n) is 3.27. The minimum absolute atomic E-state index is 0.263. The third-order valence-corrected chi connectivity index (χ3v) is 2.05. The van der Waals surface area contributed by atoms with Crippen molar-refractivity contribution in [2.45, 2.75) is 20.3 Å². The van der Waals surface area contributed by atoms with Crippen molar-refractivity contribution in [2.75, 3.05) is 0 Å². The van der Waals surface area contributed by atoms with Crippen LogP contribution in [0, 0.1) is 25.3 Å². The van der Waals surface area contributed by atoms with Gasteiger partial charge in [0.25, 0.3) is 0 Å². The lowest BCUT2D eigenvalue weighted by molar-refractivity contribution is -0.119. The molecule has 0 spiro atoms. The number of benzene rings is 1. The van der Waals surface area contributed by atoms with E-state index in [0.29, 0.717) is 0 Å². The molecule has 0 aliphatic heterocycles. The Morgan fingerprint density at radius 3 is 2.86 bits per heavy atom. The molecule has 0 aliphatic carbocycles. The van der Waals surface area contributed by atoms with Crippen LogP contribution in [-0.4, -0.2) is 5.91 Å². The lowest BCUT2D eigenvalue weighted by Gasteiger charge is -2.04. The Bertz CT molecular complexity index is 391. The number of aryl methyl sites for hydroxylation is 2. The van der Waals surface area contributed by atoms with Crippen molar-refractivity contribution in [3.63, 3.8) is 0 Å². The van der Waals surface area contributed by atoms with Crippen LogP contribution in [0.3, 0.4) is 0 Å². The van der Waals surface area contributed by atoms with E-state index in [9.17, 15) is 4.79 Å². The van der Waals surface area contributed by atoms with Crippen LogP contribution in [0.5, 0.6) is 0 Å². The number of hydrogen-bond acceptors (Lipinski definition) is 2. The maximum absolute atomic E-state index is 11.1. The summed E-state index contributed by atoms with van der Waals surface area (Å²) < 4.78 is 0. The molecule has 3 nitrogen and oxygen atoms in total. The monoisotopic (exact) mass is 188 g/mol. The van der Waals surface area contributed by atoms with Gasteiger partial charge in [-0.05, 0) is 25.0 Å². The topological polar surface area (TPSA) is 52.9 Å². The first kappa shape index (κ1) is 10.3. The first-order valence-corrected chi connectivity index (χ1v) is 4.37. The Kier molecular flexibility index (Phi) is 3.24. The van der Waals surface area contributed by atoms with Gasteiger partial charge in [-0.1, -0.05) is 23.8 Å². The number of rotatable bonds is 2. The fourth-order valence-corrected chi connectivity index (χ4v) is 1.27. The number of nitrogens with one attached hydrogen (secondary N) is 1. The summed E-state index contributed by atoms with van der Waals surface area (Å²) in [6, 6.07) is 5.94. The highest BCUT2D eigenvalue weighted by Gasteiger charge is 2.04. The molecule has 0 aliphatic rings. The van der Waals surface area contributed by atoms with Crippen LogP contribution >= 0.6 is 0 Å². The number of hydrogen-bond donors (Lipinski definition) is 1. The van der Waals surface area contributed by atoms with Crippen molar-refractivity contribution in [2.24, 2.45) is 0 Å². The summed E-state index contributed by atoms with van der Waals surface area (Å²) in [6.07, 6.45) is 1.89. The van der Waals surface area contributed by atoms with Crippen molar-refractivity contribution in [1.82, 2.24) is 5.32 Å². The predicted molar refractivity (Wildman–Crippen MR) is 53.4 cm³/mol. The molecule has 1 aromatic rings. The Morgan fingerprint density at radius 2 is 2.21 bits per heavy atom. The van der Waals surface area contributed by atoms with Crippen LogP contribution in [0.4, 0.5) is 0 Å². The molecule has 0 unspecified atom stereocenters. The van der Waals surface area contributed by atoms with Crippen molar-refractivity contribution < 1.29 is 4.79 Å². The van der Waals surface area contributed by atoms with Crippen molar-refractivity contribution in [3.05, 3.63) is 34.9 Å². The number of carbonyl (C=O) groups is 1. The van der Waals surface area contributed by atoms with E-state index in [2.05, 4.69) is 5.32 Å². The molecular formula is C11H12N2O. The fraction of sp³-hybridized carbons (Fsp3) is 0.273. The van der Waals surface area contributed by atoms with E-state index in [-0.39, 0.29) is 12.3 Å². The summed E-state index contributed by atoms with van der Waals surface area (Å²) in [5, 5.41) is 10.4. The summed E-state index contributed by atoms with van der Waals surface area (Å²) in [5.41, 5.74) is 3.16. The standard InChI is InChI=1S/C11H12N2O/c1-8-3-4-9(2)10(5-8)6-11(14)13-7-12/h3-5H,6H2,1-2H3,(H,13,14). The molecule has 0 saturated carbocycles. The zero-order valence-corrected chi connectivity index (χ0v) is 8.29. The van der Waals surface area contributed by atoms with Gasteiger partial charge in [-0.25, -0.2) is 0 Å². The Balaban J connectivity index is 2.81. The lowest BCUT2D eigenvalue weighted by Crippen LogP contribution is -2.19. The Hall–Kier alpha value is -1.82. The molecule has 1 amide bonds. The largest absolute Gasteiger partial charge is 0.274 e. The van der Waals surface area contributed by atoms with Gasteiger partial charge in [0.15, 0.2) is 6.19 Å². The predicted octanol–water partition coefficient (Wildman–Crippen LogP) is 1.44. The van der Waals surface area contributed by atoms with Crippen LogP contribution in [0.1, 0.15) is 16.7 Å². The smallest absolute Gasteiger partial charge is 0.237 e. The Labute approximate surface area is 83.4 Å². The molecule has 0 saturated heterocycles. The van der Waals surface area contributed by atoms with Gasteiger partial charge in [0.05, 0.1) is 6.42 Å². The van der Waals surface area contributed by atoms with Gasteiger partial charge < -0.3 is 0 Å². The third kappa shape index (κ3) is 2.60. The van der Waals surface area contributed by atoms with Gasteiger partial charge in [-0.15, -0.1) is 0 Å². The highest BCUT2D eigenvalue weighted by molar-refractivity contribution is 5.80. The van der Waals surface area contributed by atoms with Crippen LogP contribution in [0.25, 0.3) is 0 Å². The molecule has 3 heteroatoms. The van der Waals surface area contributed by atoms with Crippen LogP contribution < -0.4 is 5.32 Å². The maximum Gasteiger partial charge on any atom is 0.237 e. The minimum Gasteiger partial charge on any atom is -0.274 e. The molecule has 0 fully saturated rings. The minimum atomic E-state index is -0.263. The first-order valence-electron chi connectivity index (χ1n) is 4.37. The SMILES string of the molecule is Cc1ccc(C)c(CC(=O)NC#N)c1. The van der Waals surface area contributed by atoms with Crippen LogP contribution in [-0.2, 0) is 11.2 Å². The summed E-state index contributed by atoms with van der Waals surface area (Å²) in [5.74, 6) is -0.263. The van der Waals surface area contributed by atoms with Gasteiger partial charge in [0, 0.05) is 0 Å². The molecule has 0 radical (unpaired) electrons. The van der Waals surface area contributed by atoms with Gasteiger partial charge in [0.2, 0.25) is 5.91 Å². The average Bonchev–Trinajstić information content (AvgIpc) is 2.12. The molecule has 1 N–H and O–H groups in total. The van der Waals surface area contributed by atoms with E-state index in [1.54, 1.807) is 6.19 Å². The zero-order valence-electron chi connectivity index (χ0n) is 8.29. The first-order chi connectivity index (χ1) is 6.63. The molecule has 1 aromatic carbocycles. The van der Waals surface area contributed by atoms with Crippen molar-refractivity contribution >= 4 is 5.91 Å². The van der Waals surface area contributed by atoms with Crippen LogP contribution in [0.2, 0.25) is 0 Å². The van der Waals surface area contributed by atoms with E-state index in [1.807, 2.05) is 32.0 Å². The second-order valence-corrected chi connectivity index (χ2v) is 3.27. The summed E-state index contributed by atoms with van der Waals surface area (Å²) in [6.45, 7) is 3.93. The molecule has 0 atom stereocenters. The molecule has 0 aromatic heterocycles. The van der Waals surface area contributed by atoms with Gasteiger partial charge in [-0.3, -0.25) is 10.1 Å². The maximum atomic E-state index is 11.1. The Morgan fingerprint density at radius 1 is 1.50 bits per heavy atom. The van der Waals surface area contributed by atoms with E-state index in [0.717, 1.165) is 16.7 Å². The zero-order chi connectivity index (χ0) is 10.6. The quantitative estimate of drug-likeness (QED) is 0.564. The lowest BCUT2D eigenvalue weighted by atomic mass is 10.0. The van der Waals surface area contributed by atoms with E-state index in [4.69, 9.17) is 5.26 Å². The summed E-state index contributed by atoms with van der Waals surface area (Å²) in [4.78, 5) is 11.1. The van der Waals surface area contributed by atoms with Gasteiger partial charge in [0.1, 0.15) is 0 Å². The van der Waals surface area contributed by atoms with E-state index < -0.39 is 0 Å². The van der Waals surface area contributed by atoms with E-state index >= 15 is 0 Å². The number of nitriles is 1. The van der Waals surface area contributed by atoms with Gasteiger partial charge in [-0.2, -0.15) is 5.26 Å². The second kappa shape index (κ2) is 4.43. The fourth-order valence-electron chi connectivity index (χ4n) is 1.27. The van der Waals surface area contributed by atoms with Crippen molar-refractivity contribution in [3.8, 4) is 6.19 Å². The number of carbonyl (C=O) groups excluding carboxylic acids is 1. The number of amides is 1. The molecule has 72 valence electrons. The number of nitrogens with zero attached hydrogens (tertiary/aromatic N) is 1. The van der Waals surface area contributed by atoms with Gasteiger partial charge >= 0.3 is 0 Å². The molecule has 0 bridgehead atoms. The summed E-state index contributed by atoms with van der Waals surface area (Å²) >= 11 is 0. The molecule has 0 heterocycles. The third-order valence-electron chi connectivity index (χ3n) is 2.05. The van der Waals surface area contributed by atoms with E-state index in [1.165, 1.54) is 0 Å². The highest BCUT2D eigenvalue weighted by atomic mass is 16.1. The van der Waals surface area contributed by atoms with Crippen LogP contribution in [0.15, 0.2) is 18.2 Å². The highest BCUT2D eigenvalue weighted by Crippen LogP contribution is 2.10. The summed E-state index contributed by atoms with van der Waals surface area (Å²) in [7, 11) is 0. The molecule has 14 heavy (non-hydrogen) atoms. The average molecular weight is 188 g/mol. The molecular weight excluding hydrogens is 176 g/mol. The van der Waals surface area contributed by atoms with Crippen molar-refractivity contribution in [1.29, 1.82) is 5.26 Å².